The number of rotatable bonds is 9. The summed E-state index contributed by atoms with van der Waals surface area (Å²) in [6.07, 6.45) is 1.81. The number of aryl methyl sites for hydroxylation is 2. The quantitative estimate of drug-likeness (QED) is 0.215. The average molecular weight is 479 g/mol. The van der Waals surface area contributed by atoms with Crippen molar-refractivity contribution in [3.63, 3.8) is 0 Å². The van der Waals surface area contributed by atoms with Crippen LogP contribution in [0.25, 0.3) is 21.5 Å². The minimum atomic E-state index is -0.107. The van der Waals surface area contributed by atoms with Crippen LogP contribution < -0.4 is 10.9 Å². The number of nitrogens with one attached hydrogen (secondary N) is 1. The average Bonchev–Trinajstić information content (AvgIpc) is 3.26. The molecular formula is C25H26N4O2S2. The molecule has 2 aromatic carbocycles. The van der Waals surface area contributed by atoms with Crippen LogP contribution >= 0.6 is 23.3 Å². The Morgan fingerprint density at radius 1 is 1.12 bits per heavy atom. The van der Waals surface area contributed by atoms with E-state index in [-0.39, 0.29) is 17.2 Å². The van der Waals surface area contributed by atoms with Gasteiger partial charge in [0.2, 0.25) is 5.91 Å². The summed E-state index contributed by atoms with van der Waals surface area (Å²) in [6.45, 7) is 5.04. The number of hydrogen-bond donors (Lipinski definition) is 1. The van der Waals surface area contributed by atoms with E-state index in [1.807, 2.05) is 56.3 Å². The standard InChI is InChI=1S/C25H26N4O2S2/c1-3-29-24(31)23-22(21(28-33-23)19-13-11-17(2)12-14-19)27-25(29)32-16-20(30)26-15-7-10-18-8-5-4-6-9-18/h4-6,8-9,11-14H,3,7,10,15-16H2,1-2H3,(H,26,30). The lowest BCUT2D eigenvalue weighted by molar-refractivity contribution is -0.118. The molecule has 0 unspecified atom stereocenters. The molecule has 0 fully saturated rings. The van der Waals surface area contributed by atoms with Gasteiger partial charge >= 0.3 is 0 Å². The lowest BCUT2D eigenvalue weighted by Gasteiger charge is -2.10. The molecule has 2 heterocycles. The number of amides is 1. The van der Waals surface area contributed by atoms with Crippen molar-refractivity contribution < 1.29 is 4.79 Å². The van der Waals surface area contributed by atoms with Crippen molar-refractivity contribution >= 4 is 39.4 Å². The Labute approximate surface area is 201 Å². The van der Waals surface area contributed by atoms with E-state index in [2.05, 4.69) is 21.8 Å². The summed E-state index contributed by atoms with van der Waals surface area (Å²) in [4.78, 5) is 30.2. The van der Waals surface area contributed by atoms with Crippen LogP contribution in [-0.2, 0) is 17.8 Å². The topological polar surface area (TPSA) is 76.9 Å². The second kappa shape index (κ2) is 10.8. The molecule has 4 rings (SSSR count). The van der Waals surface area contributed by atoms with E-state index >= 15 is 0 Å². The lowest BCUT2D eigenvalue weighted by Crippen LogP contribution is -2.27. The molecule has 6 nitrogen and oxygen atoms in total. The van der Waals surface area contributed by atoms with E-state index in [1.165, 1.54) is 28.9 Å². The highest BCUT2D eigenvalue weighted by molar-refractivity contribution is 7.99. The Kier molecular flexibility index (Phi) is 7.57. The van der Waals surface area contributed by atoms with Gasteiger partial charge in [0.15, 0.2) is 5.16 Å². The van der Waals surface area contributed by atoms with Gasteiger partial charge in [0, 0.05) is 18.7 Å². The van der Waals surface area contributed by atoms with Gasteiger partial charge in [-0.15, -0.1) is 0 Å². The smallest absolute Gasteiger partial charge is 0.273 e. The second-order valence-electron chi connectivity index (χ2n) is 7.75. The third-order valence-corrected chi connectivity index (χ3v) is 7.13. The molecular weight excluding hydrogens is 452 g/mol. The first-order valence-corrected chi connectivity index (χ1v) is 12.7. The first-order valence-electron chi connectivity index (χ1n) is 11.0. The fourth-order valence-corrected chi connectivity index (χ4v) is 5.21. The van der Waals surface area contributed by atoms with Gasteiger partial charge in [-0.2, -0.15) is 4.37 Å². The Hall–Kier alpha value is -2.97. The number of benzene rings is 2. The number of carbonyl (C=O) groups excluding carboxylic acids is 1. The zero-order valence-electron chi connectivity index (χ0n) is 18.7. The summed E-state index contributed by atoms with van der Waals surface area (Å²) in [7, 11) is 0. The predicted octanol–water partition coefficient (Wildman–Crippen LogP) is 4.69. The van der Waals surface area contributed by atoms with Gasteiger partial charge in [-0.05, 0) is 43.8 Å². The Balaban J connectivity index is 1.45. The number of carbonyl (C=O) groups is 1. The van der Waals surface area contributed by atoms with Crippen molar-refractivity contribution in [3.05, 3.63) is 76.1 Å². The minimum Gasteiger partial charge on any atom is -0.355 e. The molecule has 1 N–H and O–H groups in total. The van der Waals surface area contributed by atoms with Gasteiger partial charge in [-0.25, -0.2) is 4.98 Å². The Morgan fingerprint density at radius 2 is 1.88 bits per heavy atom. The molecule has 0 saturated carbocycles. The third-order valence-electron chi connectivity index (χ3n) is 5.33. The van der Waals surface area contributed by atoms with Crippen LogP contribution in [0.4, 0.5) is 0 Å². The molecule has 170 valence electrons. The van der Waals surface area contributed by atoms with E-state index in [4.69, 9.17) is 4.98 Å². The van der Waals surface area contributed by atoms with E-state index in [9.17, 15) is 9.59 Å². The zero-order valence-corrected chi connectivity index (χ0v) is 20.3. The highest BCUT2D eigenvalue weighted by atomic mass is 32.2. The SMILES string of the molecule is CCn1c(SCC(=O)NCCCc2ccccc2)nc2c(-c3ccc(C)cc3)nsc2c1=O. The molecule has 33 heavy (non-hydrogen) atoms. The van der Waals surface area contributed by atoms with E-state index in [1.54, 1.807) is 4.57 Å². The van der Waals surface area contributed by atoms with Gasteiger partial charge in [-0.1, -0.05) is 71.9 Å². The maximum absolute atomic E-state index is 13.0. The third kappa shape index (κ3) is 5.51. The highest BCUT2D eigenvalue weighted by Gasteiger charge is 2.18. The molecule has 0 aliphatic carbocycles. The molecule has 0 radical (unpaired) electrons. The van der Waals surface area contributed by atoms with E-state index < -0.39 is 0 Å². The zero-order chi connectivity index (χ0) is 23.2. The Bertz CT molecular complexity index is 1300. The molecule has 1 amide bonds. The number of hydrogen-bond acceptors (Lipinski definition) is 6. The fraction of sp³-hybridized carbons (Fsp3) is 0.280. The normalized spacial score (nSPS) is 11.1. The maximum atomic E-state index is 13.0. The van der Waals surface area contributed by atoms with E-state index in [0.717, 1.165) is 24.0 Å². The molecule has 0 bridgehead atoms. The monoisotopic (exact) mass is 478 g/mol. The molecule has 0 spiro atoms. The van der Waals surface area contributed by atoms with Crippen LogP contribution in [0, 0.1) is 6.92 Å². The van der Waals surface area contributed by atoms with Gasteiger partial charge < -0.3 is 5.32 Å². The summed E-state index contributed by atoms with van der Waals surface area (Å²) in [5.41, 5.74) is 4.56. The number of aromatic nitrogens is 3. The van der Waals surface area contributed by atoms with Crippen molar-refractivity contribution in [2.45, 2.75) is 38.4 Å². The minimum absolute atomic E-state index is 0.0627. The van der Waals surface area contributed by atoms with Crippen LogP contribution in [-0.4, -0.2) is 32.1 Å². The fourth-order valence-electron chi connectivity index (χ4n) is 3.53. The predicted molar refractivity (Wildman–Crippen MR) is 136 cm³/mol. The largest absolute Gasteiger partial charge is 0.355 e. The first kappa shape index (κ1) is 23.2. The van der Waals surface area contributed by atoms with Crippen LogP contribution in [0.15, 0.2) is 64.5 Å². The molecule has 0 saturated heterocycles. The Morgan fingerprint density at radius 3 is 2.61 bits per heavy atom. The first-order chi connectivity index (χ1) is 16.1. The highest BCUT2D eigenvalue weighted by Crippen LogP contribution is 2.29. The van der Waals surface area contributed by atoms with Gasteiger partial charge in [-0.3, -0.25) is 14.2 Å². The van der Waals surface area contributed by atoms with Crippen LogP contribution in [0.3, 0.4) is 0 Å². The van der Waals surface area contributed by atoms with Crippen molar-refractivity contribution in [3.8, 4) is 11.3 Å². The molecule has 0 aliphatic heterocycles. The summed E-state index contributed by atoms with van der Waals surface area (Å²) < 4.78 is 6.68. The summed E-state index contributed by atoms with van der Waals surface area (Å²) in [5, 5.41) is 3.51. The van der Waals surface area contributed by atoms with Crippen molar-refractivity contribution in [2.75, 3.05) is 12.3 Å². The summed E-state index contributed by atoms with van der Waals surface area (Å²) in [6, 6.07) is 18.3. The van der Waals surface area contributed by atoms with Crippen molar-refractivity contribution in [1.82, 2.24) is 19.2 Å². The lowest BCUT2D eigenvalue weighted by atomic mass is 10.1. The molecule has 4 aromatic rings. The van der Waals surface area contributed by atoms with Crippen LogP contribution in [0.2, 0.25) is 0 Å². The molecule has 0 atom stereocenters. The molecule has 8 heteroatoms. The van der Waals surface area contributed by atoms with Crippen molar-refractivity contribution in [2.24, 2.45) is 0 Å². The molecule has 2 aromatic heterocycles. The second-order valence-corrected chi connectivity index (χ2v) is 9.46. The van der Waals surface area contributed by atoms with Crippen molar-refractivity contribution in [1.29, 1.82) is 0 Å². The maximum Gasteiger partial charge on any atom is 0.273 e. The molecule has 0 aliphatic rings. The van der Waals surface area contributed by atoms with Gasteiger partial charge in [0.05, 0.1) is 5.75 Å². The van der Waals surface area contributed by atoms with Gasteiger partial charge in [0.1, 0.15) is 15.9 Å². The number of fused-ring (bicyclic) bond motifs is 1. The summed E-state index contributed by atoms with van der Waals surface area (Å²) >= 11 is 2.47. The van der Waals surface area contributed by atoms with Crippen LogP contribution in [0.1, 0.15) is 24.5 Å². The number of nitrogens with zero attached hydrogens (tertiary/aromatic N) is 3. The summed E-state index contributed by atoms with van der Waals surface area (Å²) in [5.74, 6) is 0.146. The number of thioether (sulfide) groups is 1. The van der Waals surface area contributed by atoms with E-state index in [0.29, 0.717) is 34.2 Å². The van der Waals surface area contributed by atoms with Crippen LogP contribution in [0.5, 0.6) is 0 Å². The van der Waals surface area contributed by atoms with Gasteiger partial charge in [0.25, 0.3) is 5.56 Å².